The van der Waals surface area contributed by atoms with Crippen LogP contribution in [0.25, 0.3) is 0 Å². The Bertz CT molecular complexity index is 1000. The van der Waals surface area contributed by atoms with Gasteiger partial charge in [0, 0.05) is 6.54 Å². The largest absolute Gasteiger partial charge is 1.00 e. The number of hydrogen-bond donors (Lipinski definition) is 1. The van der Waals surface area contributed by atoms with Gasteiger partial charge in [0.25, 0.3) is 0 Å². The van der Waals surface area contributed by atoms with Crippen molar-refractivity contribution in [2.75, 3.05) is 10.2 Å². The van der Waals surface area contributed by atoms with Crippen molar-refractivity contribution < 1.29 is 42.5 Å². The summed E-state index contributed by atoms with van der Waals surface area (Å²) in [5.74, 6) is 0. The van der Waals surface area contributed by atoms with Gasteiger partial charge >= 0.3 is 29.6 Å². The molecule has 3 rings (SSSR count). The number of fused-ring (bicyclic) bond motifs is 1. The molecule has 0 saturated carbocycles. The first-order valence-electron chi connectivity index (χ1n) is 14.2. The van der Waals surface area contributed by atoms with E-state index in [0.29, 0.717) is 12.2 Å². The summed E-state index contributed by atoms with van der Waals surface area (Å²) in [5.41, 5.74) is 2.35. The second kappa shape index (κ2) is 17.5. The monoisotopic (exact) mass is 536 g/mol. The van der Waals surface area contributed by atoms with E-state index in [4.69, 9.17) is 0 Å². The number of anilines is 2. The molecule has 0 saturated heterocycles. The molecule has 2 aromatic rings. The average molecular weight is 537 g/mol. The number of rotatable bonds is 18. The van der Waals surface area contributed by atoms with Gasteiger partial charge in [-0.3, -0.25) is 0 Å². The average Bonchev–Trinajstić information content (AvgIpc) is 3.21. The molecule has 1 aliphatic rings. The van der Waals surface area contributed by atoms with Crippen molar-refractivity contribution in [2.24, 2.45) is 0 Å². The van der Waals surface area contributed by atoms with Gasteiger partial charge in [-0.05, 0) is 30.5 Å². The summed E-state index contributed by atoms with van der Waals surface area (Å²) in [6, 6.07) is 15.0. The molecule has 1 N–H and O–H groups in total. The van der Waals surface area contributed by atoms with Gasteiger partial charge in [0.15, 0.2) is 0 Å². The summed E-state index contributed by atoms with van der Waals surface area (Å²) < 4.78 is 36.0. The Morgan fingerprint density at radius 3 is 1.84 bits per heavy atom. The molecule has 1 heterocycles. The molecule has 2 aromatic carbocycles. The fourth-order valence-electron chi connectivity index (χ4n) is 5.28. The minimum Gasteiger partial charge on any atom is -0.744 e. The predicted octanol–water partition coefficient (Wildman–Crippen LogP) is 5.22. The van der Waals surface area contributed by atoms with E-state index in [1.807, 2.05) is 36.4 Å². The minimum absolute atomic E-state index is 0. The van der Waals surface area contributed by atoms with E-state index >= 15 is 0 Å². The van der Waals surface area contributed by atoms with E-state index in [-0.39, 0.29) is 40.6 Å². The molecule has 1 aliphatic heterocycles. The molecule has 1 atom stereocenters. The maximum atomic E-state index is 12.0. The maximum absolute atomic E-state index is 12.0. The van der Waals surface area contributed by atoms with Crippen LogP contribution < -0.4 is 39.8 Å². The van der Waals surface area contributed by atoms with Gasteiger partial charge in [-0.25, -0.2) is 8.42 Å². The predicted molar refractivity (Wildman–Crippen MR) is 149 cm³/mol. The van der Waals surface area contributed by atoms with Crippen molar-refractivity contribution in [1.82, 2.24) is 0 Å². The van der Waals surface area contributed by atoms with Crippen LogP contribution in [0.1, 0.15) is 109 Å². The normalized spacial score (nSPS) is 14.8. The van der Waals surface area contributed by atoms with Crippen LogP contribution in [0.2, 0.25) is 0 Å². The van der Waals surface area contributed by atoms with Gasteiger partial charge < -0.3 is 14.8 Å². The number of para-hydroxylation sites is 1. The third kappa shape index (κ3) is 10.9. The molecular weight excluding hydrogens is 491 g/mol. The Morgan fingerprint density at radius 1 is 0.757 bits per heavy atom. The second-order valence-corrected chi connectivity index (χ2v) is 11.6. The van der Waals surface area contributed by atoms with E-state index in [0.717, 1.165) is 24.1 Å². The van der Waals surface area contributed by atoms with Gasteiger partial charge in [0.1, 0.15) is 10.1 Å². The third-order valence-electron chi connectivity index (χ3n) is 7.28. The molecule has 0 aliphatic carbocycles. The van der Waals surface area contributed by atoms with E-state index < -0.39 is 10.1 Å². The second-order valence-electron chi connectivity index (χ2n) is 10.3. The SMILES string of the molecule is CCCCCCCCCCCCCCCCC1Nc2cccc(S(=O)(=O)[O-])c2N1Cc1ccccc1.[Na+]. The summed E-state index contributed by atoms with van der Waals surface area (Å²) in [6.07, 6.45) is 19.5. The summed E-state index contributed by atoms with van der Waals surface area (Å²) in [5, 5.41) is 3.49. The molecule has 0 aromatic heterocycles. The Morgan fingerprint density at radius 2 is 1.30 bits per heavy atom. The Labute approximate surface area is 247 Å². The molecule has 7 heteroatoms. The Kier molecular flexibility index (Phi) is 15.2. The van der Waals surface area contributed by atoms with Crippen molar-refractivity contribution in [3.05, 3.63) is 54.1 Å². The van der Waals surface area contributed by atoms with Gasteiger partial charge in [-0.2, -0.15) is 0 Å². The fourth-order valence-corrected chi connectivity index (χ4v) is 5.99. The van der Waals surface area contributed by atoms with Crippen molar-refractivity contribution >= 4 is 21.5 Å². The summed E-state index contributed by atoms with van der Waals surface area (Å²) in [6.45, 7) is 2.84. The molecule has 0 radical (unpaired) electrons. The van der Waals surface area contributed by atoms with Crippen LogP contribution in [-0.2, 0) is 16.7 Å². The van der Waals surface area contributed by atoms with Gasteiger partial charge in [-0.15, -0.1) is 0 Å². The van der Waals surface area contributed by atoms with Crippen LogP contribution in [-0.4, -0.2) is 19.1 Å². The number of unbranched alkanes of at least 4 members (excludes halogenated alkanes) is 13. The minimum atomic E-state index is -4.56. The Balaban J connectivity index is 0.00000481. The number of benzene rings is 2. The number of hydrogen-bond acceptors (Lipinski definition) is 5. The first-order valence-corrected chi connectivity index (χ1v) is 15.6. The zero-order valence-corrected chi connectivity index (χ0v) is 25.9. The summed E-state index contributed by atoms with van der Waals surface area (Å²) >= 11 is 0. The number of nitrogens with zero attached hydrogens (tertiary/aromatic N) is 1. The van der Waals surface area contributed by atoms with E-state index in [9.17, 15) is 13.0 Å². The van der Waals surface area contributed by atoms with Crippen LogP contribution in [0.3, 0.4) is 0 Å². The van der Waals surface area contributed by atoms with E-state index in [1.165, 1.54) is 89.5 Å². The van der Waals surface area contributed by atoms with Gasteiger partial charge in [0.05, 0.1) is 22.4 Å². The standard InChI is InChI=1S/C30H46N2O3S.Na/c1-2-3-4-5-6-7-8-9-10-11-12-13-14-18-24-29-31-27-22-19-23-28(36(33,34)35)30(27)32(29)25-26-20-16-15-17-21-26;/h15-17,19-23,29,31H,2-14,18,24-25H2,1H3,(H,33,34,35);/q;+1/p-1. The fraction of sp³-hybridized carbons (Fsp3) is 0.600. The van der Waals surface area contributed by atoms with Crippen molar-refractivity contribution in [2.45, 2.75) is 121 Å². The maximum Gasteiger partial charge on any atom is 1.00 e. The zero-order valence-electron chi connectivity index (χ0n) is 23.1. The topological polar surface area (TPSA) is 72.5 Å². The first kappa shape index (κ1) is 32.2. The summed E-state index contributed by atoms with van der Waals surface area (Å²) in [7, 11) is -4.56. The molecule has 200 valence electrons. The van der Waals surface area contributed by atoms with Crippen LogP contribution in [0.4, 0.5) is 11.4 Å². The molecular formula is C30H45N2NaO3S. The van der Waals surface area contributed by atoms with Gasteiger partial charge in [0.2, 0.25) is 0 Å². The Hall–Kier alpha value is -1.05. The van der Waals surface area contributed by atoms with Crippen LogP contribution in [0.5, 0.6) is 0 Å². The third-order valence-corrected chi connectivity index (χ3v) is 8.15. The quantitative estimate of drug-likeness (QED) is 0.161. The summed E-state index contributed by atoms with van der Waals surface area (Å²) in [4.78, 5) is 1.93. The molecule has 0 spiro atoms. The van der Waals surface area contributed by atoms with Crippen LogP contribution in [0.15, 0.2) is 53.4 Å². The molecule has 5 nitrogen and oxygen atoms in total. The smallest absolute Gasteiger partial charge is 0.744 e. The van der Waals surface area contributed by atoms with Crippen molar-refractivity contribution in [3.8, 4) is 0 Å². The van der Waals surface area contributed by atoms with Crippen LogP contribution in [0, 0.1) is 0 Å². The molecule has 1 unspecified atom stereocenters. The van der Waals surface area contributed by atoms with E-state index in [2.05, 4.69) is 17.1 Å². The van der Waals surface area contributed by atoms with Crippen LogP contribution >= 0.6 is 0 Å². The molecule has 0 bridgehead atoms. The van der Waals surface area contributed by atoms with Gasteiger partial charge in [-0.1, -0.05) is 127 Å². The molecule has 0 fully saturated rings. The zero-order chi connectivity index (χ0) is 25.6. The van der Waals surface area contributed by atoms with Crippen molar-refractivity contribution in [1.29, 1.82) is 0 Å². The van der Waals surface area contributed by atoms with Crippen molar-refractivity contribution in [3.63, 3.8) is 0 Å². The number of nitrogens with one attached hydrogen (secondary N) is 1. The van der Waals surface area contributed by atoms with E-state index in [1.54, 1.807) is 6.07 Å². The first-order chi connectivity index (χ1) is 17.5. The molecule has 0 amide bonds. The molecule has 37 heavy (non-hydrogen) atoms.